The fourth-order valence-corrected chi connectivity index (χ4v) is 3.81. The van der Waals surface area contributed by atoms with Crippen molar-refractivity contribution in [2.24, 2.45) is 0 Å². The van der Waals surface area contributed by atoms with Crippen molar-refractivity contribution in [2.75, 3.05) is 0 Å². The lowest BCUT2D eigenvalue weighted by Gasteiger charge is -2.20. The second-order valence-electron chi connectivity index (χ2n) is 6.38. The molecule has 0 amide bonds. The molecule has 0 aromatic carbocycles. The quantitative estimate of drug-likeness (QED) is 0.335. The lowest BCUT2D eigenvalue weighted by Crippen LogP contribution is -2.33. The maximum atomic E-state index is 11.5. The smallest absolute Gasteiger partial charge is 0.270 e. The van der Waals surface area contributed by atoms with Crippen LogP contribution in [0.3, 0.4) is 0 Å². The fraction of sp³-hybridized carbons (Fsp3) is 1.00. The summed E-state index contributed by atoms with van der Waals surface area (Å²) in [7, 11) is -4.16. The standard InChI is InChI=1S/C17H36O4S/c1-3-5-7-9-11-13-15-17(22(19,20)21)16(18)14-12-10-8-6-4-2/h16-18H,3-15H2,1-2H3,(H,19,20,21). The van der Waals surface area contributed by atoms with Crippen LogP contribution in [0.25, 0.3) is 0 Å². The summed E-state index contributed by atoms with van der Waals surface area (Å²) in [6.07, 6.45) is 11.6. The largest absolute Gasteiger partial charge is 0.392 e. The summed E-state index contributed by atoms with van der Waals surface area (Å²) in [4.78, 5) is 0. The maximum Gasteiger partial charge on any atom is 0.270 e. The molecule has 0 spiro atoms. The van der Waals surface area contributed by atoms with Crippen LogP contribution in [0.5, 0.6) is 0 Å². The number of hydrogen-bond donors (Lipinski definition) is 2. The van der Waals surface area contributed by atoms with Crippen molar-refractivity contribution < 1.29 is 18.1 Å². The highest BCUT2D eigenvalue weighted by atomic mass is 32.2. The normalized spacial score (nSPS) is 14.9. The second-order valence-corrected chi connectivity index (χ2v) is 8.02. The van der Waals surface area contributed by atoms with E-state index in [0.717, 1.165) is 44.9 Å². The van der Waals surface area contributed by atoms with E-state index in [9.17, 15) is 18.1 Å². The molecule has 0 aliphatic carbocycles. The molecule has 0 saturated carbocycles. The number of hydrogen-bond acceptors (Lipinski definition) is 3. The summed E-state index contributed by atoms with van der Waals surface area (Å²) in [5.41, 5.74) is 0. The van der Waals surface area contributed by atoms with E-state index in [0.29, 0.717) is 12.8 Å². The van der Waals surface area contributed by atoms with Gasteiger partial charge >= 0.3 is 0 Å². The summed E-state index contributed by atoms with van der Waals surface area (Å²) < 4.78 is 32.3. The summed E-state index contributed by atoms with van der Waals surface area (Å²) in [5, 5.41) is 9.09. The van der Waals surface area contributed by atoms with Gasteiger partial charge in [-0.3, -0.25) is 4.55 Å². The van der Waals surface area contributed by atoms with Crippen molar-refractivity contribution in [3.05, 3.63) is 0 Å². The molecule has 0 aromatic rings. The van der Waals surface area contributed by atoms with Crippen molar-refractivity contribution >= 4 is 10.1 Å². The molecule has 5 heteroatoms. The number of unbranched alkanes of at least 4 members (excludes halogenated alkanes) is 9. The van der Waals surface area contributed by atoms with E-state index in [1.54, 1.807) is 0 Å². The van der Waals surface area contributed by atoms with Gasteiger partial charge in [-0.15, -0.1) is 0 Å². The lowest BCUT2D eigenvalue weighted by molar-refractivity contribution is 0.146. The van der Waals surface area contributed by atoms with Crippen molar-refractivity contribution in [1.82, 2.24) is 0 Å². The van der Waals surface area contributed by atoms with Gasteiger partial charge in [0.15, 0.2) is 0 Å². The van der Waals surface area contributed by atoms with Gasteiger partial charge in [0, 0.05) is 0 Å². The minimum absolute atomic E-state index is 0.362. The van der Waals surface area contributed by atoms with E-state index in [1.165, 1.54) is 25.7 Å². The number of aliphatic hydroxyl groups excluding tert-OH is 1. The molecule has 22 heavy (non-hydrogen) atoms. The molecule has 0 rings (SSSR count). The van der Waals surface area contributed by atoms with Gasteiger partial charge in [0.1, 0.15) is 5.25 Å². The molecule has 0 aliphatic rings. The Bertz CT molecular complexity index is 341. The Morgan fingerprint density at radius 1 is 0.727 bits per heavy atom. The first-order chi connectivity index (χ1) is 10.4. The molecule has 0 fully saturated rings. The van der Waals surface area contributed by atoms with Gasteiger partial charge in [-0.1, -0.05) is 84.5 Å². The minimum atomic E-state index is -4.16. The summed E-state index contributed by atoms with van der Waals surface area (Å²) in [6, 6.07) is 0. The molecule has 134 valence electrons. The van der Waals surface area contributed by atoms with E-state index in [2.05, 4.69) is 13.8 Å². The molecular weight excluding hydrogens is 300 g/mol. The molecule has 0 radical (unpaired) electrons. The van der Waals surface area contributed by atoms with E-state index < -0.39 is 21.5 Å². The van der Waals surface area contributed by atoms with E-state index >= 15 is 0 Å². The van der Waals surface area contributed by atoms with Crippen molar-refractivity contribution in [3.8, 4) is 0 Å². The first-order valence-electron chi connectivity index (χ1n) is 9.07. The highest BCUT2D eigenvalue weighted by Crippen LogP contribution is 2.19. The molecule has 0 bridgehead atoms. The Kier molecular flexibility index (Phi) is 13.2. The Balaban J connectivity index is 4.06. The first kappa shape index (κ1) is 21.9. The zero-order valence-corrected chi connectivity index (χ0v) is 15.3. The van der Waals surface area contributed by atoms with Crippen LogP contribution >= 0.6 is 0 Å². The Morgan fingerprint density at radius 2 is 1.14 bits per heavy atom. The highest BCUT2D eigenvalue weighted by Gasteiger charge is 2.29. The molecule has 4 nitrogen and oxygen atoms in total. The predicted octanol–water partition coefficient (Wildman–Crippen LogP) is 4.71. The SMILES string of the molecule is CCCCCCCCC(C(O)CCCCCCC)S(=O)(=O)O. The third-order valence-electron chi connectivity index (χ3n) is 4.26. The fourth-order valence-electron chi connectivity index (χ4n) is 2.81. The summed E-state index contributed by atoms with van der Waals surface area (Å²) in [5.74, 6) is 0. The minimum Gasteiger partial charge on any atom is -0.392 e. The van der Waals surface area contributed by atoms with Crippen LogP contribution in [0, 0.1) is 0 Å². The van der Waals surface area contributed by atoms with E-state index in [4.69, 9.17) is 0 Å². The van der Waals surface area contributed by atoms with E-state index in [1.807, 2.05) is 0 Å². The number of rotatable bonds is 15. The van der Waals surface area contributed by atoms with Crippen LogP contribution in [0.1, 0.15) is 97.3 Å². The molecule has 0 aromatic heterocycles. The average Bonchev–Trinajstić information content (AvgIpc) is 2.44. The van der Waals surface area contributed by atoms with Gasteiger partial charge in [-0.05, 0) is 12.8 Å². The van der Waals surface area contributed by atoms with Crippen molar-refractivity contribution in [1.29, 1.82) is 0 Å². The average molecular weight is 337 g/mol. The molecule has 2 N–H and O–H groups in total. The van der Waals surface area contributed by atoms with Crippen molar-refractivity contribution in [3.63, 3.8) is 0 Å². The van der Waals surface area contributed by atoms with Crippen LogP contribution < -0.4 is 0 Å². The molecular formula is C17H36O4S. The van der Waals surface area contributed by atoms with Crippen LogP contribution in [-0.2, 0) is 10.1 Å². The van der Waals surface area contributed by atoms with Gasteiger partial charge < -0.3 is 5.11 Å². The van der Waals surface area contributed by atoms with Gasteiger partial charge in [0.2, 0.25) is 0 Å². The first-order valence-corrected chi connectivity index (χ1v) is 10.6. The molecule has 2 unspecified atom stereocenters. The predicted molar refractivity (Wildman–Crippen MR) is 92.7 cm³/mol. The third-order valence-corrected chi connectivity index (χ3v) is 5.57. The Labute approximate surface area is 137 Å². The van der Waals surface area contributed by atoms with Gasteiger partial charge in [0.25, 0.3) is 10.1 Å². The summed E-state index contributed by atoms with van der Waals surface area (Å²) in [6.45, 7) is 4.30. The van der Waals surface area contributed by atoms with Crippen LogP contribution in [0.2, 0.25) is 0 Å². The zero-order chi connectivity index (χ0) is 16.8. The van der Waals surface area contributed by atoms with Crippen LogP contribution in [0.4, 0.5) is 0 Å². The third kappa shape index (κ3) is 11.4. The van der Waals surface area contributed by atoms with Crippen LogP contribution in [-0.4, -0.2) is 29.4 Å². The van der Waals surface area contributed by atoms with Gasteiger partial charge in [-0.25, -0.2) is 0 Å². The molecule has 2 atom stereocenters. The highest BCUT2D eigenvalue weighted by molar-refractivity contribution is 7.86. The van der Waals surface area contributed by atoms with Crippen LogP contribution in [0.15, 0.2) is 0 Å². The topological polar surface area (TPSA) is 74.6 Å². The Morgan fingerprint density at radius 3 is 1.59 bits per heavy atom. The lowest BCUT2D eigenvalue weighted by atomic mass is 10.0. The Hall–Kier alpha value is -0.130. The van der Waals surface area contributed by atoms with E-state index in [-0.39, 0.29) is 0 Å². The maximum absolute atomic E-state index is 11.5. The van der Waals surface area contributed by atoms with Gasteiger partial charge in [-0.2, -0.15) is 8.42 Å². The second kappa shape index (κ2) is 13.3. The van der Waals surface area contributed by atoms with Gasteiger partial charge in [0.05, 0.1) is 6.10 Å². The number of aliphatic hydroxyl groups is 1. The molecule has 0 saturated heterocycles. The molecule has 0 aliphatic heterocycles. The monoisotopic (exact) mass is 336 g/mol. The van der Waals surface area contributed by atoms with Crippen molar-refractivity contribution in [2.45, 2.75) is 109 Å². The summed E-state index contributed by atoms with van der Waals surface area (Å²) >= 11 is 0. The molecule has 0 heterocycles. The zero-order valence-electron chi connectivity index (χ0n) is 14.5.